The first kappa shape index (κ1) is 17.0. The van der Waals surface area contributed by atoms with Crippen LogP contribution in [0.25, 0.3) is 0 Å². The van der Waals surface area contributed by atoms with Gasteiger partial charge < -0.3 is 10.1 Å². The number of carbonyl (C=O) groups is 1. The summed E-state index contributed by atoms with van der Waals surface area (Å²) >= 11 is 1.49. The van der Waals surface area contributed by atoms with Crippen molar-refractivity contribution in [3.8, 4) is 5.75 Å². The fourth-order valence-electron chi connectivity index (χ4n) is 3.21. The quantitative estimate of drug-likeness (QED) is 0.836. The van der Waals surface area contributed by atoms with Crippen molar-refractivity contribution in [2.75, 3.05) is 0 Å². The normalized spacial score (nSPS) is 14.8. The van der Waals surface area contributed by atoms with Gasteiger partial charge in [-0.2, -0.15) is 0 Å². The van der Waals surface area contributed by atoms with Crippen LogP contribution >= 0.6 is 11.3 Å². The number of aryl methyl sites for hydroxylation is 2. The molecule has 4 heteroatoms. The average Bonchev–Trinajstić information content (AvgIpc) is 3.20. The van der Waals surface area contributed by atoms with Gasteiger partial charge in [-0.15, -0.1) is 11.3 Å². The molecule has 3 nitrogen and oxygen atoms in total. The molecule has 1 amide bonds. The molecular weight excluding hydrogens is 318 g/mol. The predicted octanol–water partition coefficient (Wildman–Crippen LogP) is 4.92. The lowest BCUT2D eigenvalue weighted by molar-refractivity contribution is 0.0942. The molecule has 0 bridgehead atoms. The highest BCUT2D eigenvalue weighted by Crippen LogP contribution is 2.25. The molecule has 1 aromatic heterocycles. The third-order valence-corrected chi connectivity index (χ3v) is 5.70. The van der Waals surface area contributed by atoms with Gasteiger partial charge in [0, 0.05) is 11.6 Å². The van der Waals surface area contributed by atoms with Gasteiger partial charge in [0.1, 0.15) is 12.4 Å². The van der Waals surface area contributed by atoms with Crippen LogP contribution in [0.3, 0.4) is 0 Å². The summed E-state index contributed by atoms with van der Waals surface area (Å²) in [6.07, 6.45) is 4.67. The van der Waals surface area contributed by atoms with Gasteiger partial charge in [0.2, 0.25) is 0 Å². The third kappa shape index (κ3) is 3.99. The Labute approximate surface area is 148 Å². The van der Waals surface area contributed by atoms with E-state index in [-0.39, 0.29) is 5.91 Å². The number of nitrogens with one attached hydrogen (secondary N) is 1. The molecule has 2 aromatic rings. The van der Waals surface area contributed by atoms with Crippen molar-refractivity contribution < 1.29 is 9.53 Å². The second-order valence-corrected chi connectivity index (χ2v) is 7.68. The van der Waals surface area contributed by atoms with Crippen molar-refractivity contribution in [1.29, 1.82) is 0 Å². The van der Waals surface area contributed by atoms with Crippen LogP contribution in [-0.4, -0.2) is 11.9 Å². The maximum Gasteiger partial charge on any atom is 0.261 e. The molecule has 0 spiro atoms. The topological polar surface area (TPSA) is 38.3 Å². The molecule has 1 heterocycles. The maximum absolute atomic E-state index is 12.3. The van der Waals surface area contributed by atoms with E-state index in [9.17, 15) is 4.79 Å². The van der Waals surface area contributed by atoms with Gasteiger partial charge in [0.05, 0.1) is 4.88 Å². The summed E-state index contributed by atoms with van der Waals surface area (Å²) in [6, 6.07) is 6.55. The first-order valence-electron chi connectivity index (χ1n) is 8.62. The molecule has 0 aliphatic heterocycles. The van der Waals surface area contributed by atoms with E-state index >= 15 is 0 Å². The zero-order valence-corrected chi connectivity index (χ0v) is 15.5. The van der Waals surface area contributed by atoms with E-state index in [0.29, 0.717) is 12.6 Å². The summed E-state index contributed by atoms with van der Waals surface area (Å²) in [5.41, 5.74) is 4.67. The largest absolute Gasteiger partial charge is 0.489 e. The number of hydrogen-bond acceptors (Lipinski definition) is 3. The summed E-state index contributed by atoms with van der Waals surface area (Å²) in [7, 11) is 0. The number of amides is 1. The molecule has 1 aliphatic rings. The number of rotatable bonds is 5. The number of ether oxygens (including phenoxy) is 1. The highest BCUT2D eigenvalue weighted by molar-refractivity contribution is 7.12. The Balaban J connectivity index is 1.61. The molecule has 3 rings (SSSR count). The minimum absolute atomic E-state index is 0.0562. The molecule has 1 saturated carbocycles. The molecule has 0 unspecified atom stereocenters. The number of carbonyl (C=O) groups excluding carboxylic acids is 1. The van der Waals surface area contributed by atoms with E-state index in [0.717, 1.165) is 29.0 Å². The summed E-state index contributed by atoms with van der Waals surface area (Å²) in [4.78, 5) is 13.1. The van der Waals surface area contributed by atoms with Crippen LogP contribution in [0.2, 0.25) is 0 Å². The van der Waals surface area contributed by atoms with E-state index < -0.39 is 0 Å². The fraction of sp³-hybridized carbons (Fsp3) is 0.450. The minimum atomic E-state index is 0.0562. The van der Waals surface area contributed by atoms with Crippen molar-refractivity contribution in [3.05, 3.63) is 50.7 Å². The Kier molecular flexibility index (Phi) is 5.24. The van der Waals surface area contributed by atoms with Gasteiger partial charge in [-0.25, -0.2) is 0 Å². The molecular formula is C20H25NO2S. The minimum Gasteiger partial charge on any atom is -0.489 e. The summed E-state index contributed by atoms with van der Waals surface area (Å²) in [6.45, 7) is 6.76. The highest BCUT2D eigenvalue weighted by Gasteiger charge is 2.19. The molecule has 0 atom stereocenters. The van der Waals surface area contributed by atoms with Crippen LogP contribution in [-0.2, 0) is 6.61 Å². The molecule has 1 aliphatic carbocycles. The van der Waals surface area contributed by atoms with E-state index in [4.69, 9.17) is 4.74 Å². The predicted molar refractivity (Wildman–Crippen MR) is 99.0 cm³/mol. The van der Waals surface area contributed by atoms with Crippen LogP contribution in [0.1, 0.15) is 57.6 Å². The van der Waals surface area contributed by atoms with Crippen molar-refractivity contribution in [3.63, 3.8) is 0 Å². The zero-order chi connectivity index (χ0) is 17.1. The van der Waals surface area contributed by atoms with Crippen molar-refractivity contribution >= 4 is 17.2 Å². The number of hydrogen-bond donors (Lipinski definition) is 1. The first-order chi connectivity index (χ1) is 11.5. The standard InChI is InChI=1S/C20H25NO2S/c1-13-8-14(2)15(3)18(9-13)23-11-16-10-19(24-12-16)20(22)21-17-6-4-5-7-17/h8-10,12,17H,4-7,11H2,1-3H3,(H,21,22). The van der Waals surface area contributed by atoms with Gasteiger partial charge in [-0.05, 0) is 67.8 Å². The van der Waals surface area contributed by atoms with Crippen LogP contribution in [0.5, 0.6) is 5.75 Å². The van der Waals surface area contributed by atoms with Crippen LogP contribution in [0.4, 0.5) is 0 Å². The zero-order valence-electron chi connectivity index (χ0n) is 14.6. The second kappa shape index (κ2) is 7.39. The van der Waals surface area contributed by atoms with Gasteiger partial charge in [0.15, 0.2) is 0 Å². The summed E-state index contributed by atoms with van der Waals surface area (Å²) in [5.74, 6) is 0.983. The van der Waals surface area contributed by atoms with Gasteiger partial charge in [0.25, 0.3) is 5.91 Å². The highest BCUT2D eigenvalue weighted by atomic mass is 32.1. The lowest BCUT2D eigenvalue weighted by Gasteiger charge is -2.12. The number of thiophene rings is 1. The molecule has 24 heavy (non-hydrogen) atoms. The second-order valence-electron chi connectivity index (χ2n) is 6.77. The molecule has 1 N–H and O–H groups in total. The molecule has 0 radical (unpaired) electrons. The van der Waals surface area contributed by atoms with Crippen molar-refractivity contribution in [2.45, 2.75) is 59.1 Å². The fourth-order valence-corrected chi connectivity index (χ4v) is 4.01. The lowest BCUT2D eigenvalue weighted by atomic mass is 10.1. The Bertz CT molecular complexity index is 729. The number of benzene rings is 1. The lowest BCUT2D eigenvalue weighted by Crippen LogP contribution is -2.31. The van der Waals surface area contributed by atoms with Gasteiger partial charge in [-0.1, -0.05) is 18.9 Å². The first-order valence-corrected chi connectivity index (χ1v) is 9.50. The Morgan fingerprint density at radius 3 is 2.71 bits per heavy atom. The van der Waals surface area contributed by atoms with E-state index in [1.807, 2.05) is 11.4 Å². The summed E-state index contributed by atoms with van der Waals surface area (Å²) in [5, 5.41) is 5.15. The van der Waals surface area contributed by atoms with Crippen molar-refractivity contribution in [1.82, 2.24) is 5.32 Å². The molecule has 0 saturated heterocycles. The van der Waals surface area contributed by atoms with Crippen LogP contribution in [0.15, 0.2) is 23.6 Å². The van der Waals surface area contributed by atoms with Crippen LogP contribution < -0.4 is 10.1 Å². The smallest absolute Gasteiger partial charge is 0.261 e. The molecule has 128 valence electrons. The molecule has 1 fully saturated rings. The van der Waals surface area contributed by atoms with E-state index in [2.05, 4.69) is 38.2 Å². The Morgan fingerprint density at radius 1 is 1.21 bits per heavy atom. The molecule has 1 aromatic carbocycles. The van der Waals surface area contributed by atoms with Crippen LogP contribution in [0, 0.1) is 20.8 Å². The van der Waals surface area contributed by atoms with Gasteiger partial charge in [-0.3, -0.25) is 4.79 Å². The maximum atomic E-state index is 12.3. The van der Waals surface area contributed by atoms with Gasteiger partial charge >= 0.3 is 0 Å². The average molecular weight is 343 g/mol. The monoisotopic (exact) mass is 343 g/mol. The third-order valence-electron chi connectivity index (χ3n) is 4.73. The van der Waals surface area contributed by atoms with E-state index in [1.165, 1.54) is 40.9 Å². The Hall–Kier alpha value is -1.81. The Morgan fingerprint density at radius 2 is 1.96 bits per heavy atom. The van der Waals surface area contributed by atoms with E-state index in [1.54, 1.807) is 0 Å². The SMILES string of the molecule is Cc1cc(C)c(C)c(OCc2csc(C(=O)NC3CCCC3)c2)c1. The summed E-state index contributed by atoms with van der Waals surface area (Å²) < 4.78 is 5.99. The van der Waals surface area contributed by atoms with Crippen molar-refractivity contribution in [2.24, 2.45) is 0 Å².